The fourth-order valence-electron chi connectivity index (χ4n) is 3.25. The number of aromatic nitrogens is 4. The van der Waals surface area contributed by atoms with Crippen LogP contribution in [0, 0.1) is 0 Å². The number of halogens is 1. The molecule has 0 aliphatic heterocycles. The van der Waals surface area contributed by atoms with E-state index >= 15 is 0 Å². The van der Waals surface area contributed by atoms with E-state index in [1.807, 2.05) is 34.9 Å². The van der Waals surface area contributed by atoms with Crippen molar-refractivity contribution in [1.29, 1.82) is 0 Å². The van der Waals surface area contributed by atoms with Crippen LogP contribution in [-0.4, -0.2) is 43.2 Å². The number of hydrogen-bond acceptors (Lipinski definition) is 4. The Bertz CT molecular complexity index is 1030. The summed E-state index contributed by atoms with van der Waals surface area (Å²) in [6.45, 7) is 7.58. The maximum atomic E-state index is 12.8. The highest BCUT2D eigenvalue weighted by Gasteiger charge is 2.20. The monoisotopic (exact) mass is 391 g/mol. The summed E-state index contributed by atoms with van der Waals surface area (Å²) in [6.07, 6.45) is 0. The smallest absolute Gasteiger partial charge is 0.317 e. The zero-order valence-electron chi connectivity index (χ0n) is 16.2. The summed E-state index contributed by atoms with van der Waals surface area (Å²) in [5.41, 5.74) is 1.16. The summed E-state index contributed by atoms with van der Waals surface area (Å²) in [7, 11) is 3.16. The van der Waals surface area contributed by atoms with Gasteiger partial charge in [-0.2, -0.15) is 0 Å². The molecule has 0 N–H and O–H groups in total. The van der Waals surface area contributed by atoms with Gasteiger partial charge in [0.15, 0.2) is 11.2 Å². The minimum absolute atomic E-state index is 0. The van der Waals surface area contributed by atoms with Gasteiger partial charge in [0.1, 0.15) is 5.82 Å². The molecule has 0 saturated heterocycles. The van der Waals surface area contributed by atoms with Crippen LogP contribution in [0.5, 0.6) is 0 Å². The number of imidazole rings is 1. The first-order chi connectivity index (χ1) is 12.5. The van der Waals surface area contributed by atoms with Gasteiger partial charge in [-0.05, 0) is 13.1 Å². The number of likely N-dealkylation sites (N-methyl/N-ethyl adjacent to an activating group) is 1. The number of benzene rings is 1. The molecule has 7 nitrogen and oxygen atoms in total. The fraction of sp³-hybridized carbons (Fsp3) is 0.421. The van der Waals surface area contributed by atoms with Crippen LogP contribution < -0.4 is 11.2 Å². The normalized spacial score (nSPS) is 11.1. The number of hydrogen-bond donors (Lipinski definition) is 0. The molecule has 1 aromatic carbocycles. The largest absolute Gasteiger partial charge is 0.332 e. The van der Waals surface area contributed by atoms with Crippen LogP contribution in [0.25, 0.3) is 22.6 Å². The van der Waals surface area contributed by atoms with Gasteiger partial charge in [0, 0.05) is 32.7 Å². The van der Waals surface area contributed by atoms with Crippen LogP contribution in [0.2, 0.25) is 0 Å². The lowest BCUT2D eigenvalue weighted by atomic mass is 10.2. The lowest BCUT2D eigenvalue weighted by Gasteiger charge is -2.19. The molecule has 0 aliphatic rings. The van der Waals surface area contributed by atoms with Crippen molar-refractivity contribution in [3.8, 4) is 11.4 Å². The number of rotatable bonds is 6. The van der Waals surface area contributed by atoms with Crippen molar-refractivity contribution in [2.75, 3.05) is 19.6 Å². The minimum atomic E-state index is -0.365. The Balaban J connectivity index is 0.00000261. The zero-order chi connectivity index (χ0) is 18.8. The van der Waals surface area contributed by atoms with Gasteiger partial charge in [-0.15, -0.1) is 12.4 Å². The molecule has 3 rings (SSSR count). The third kappa shape index (κ3) is 3.70. The molecule has 0 unspecified atom stereocenters. The van der Waals surface area contributed by atoms with E-state index in [2.05, 4.69) is 23.7 Å². The molecule has 0 radical (unpaired) electrons. The highest BCUT2D eigenvalue weighted by atomic mass is 35.5. The molecule has 0 spiro atoms. The van der Waals surface area contributed by atoms with Crippen molar-refractivity contribution in [2.45, 2.75) is 20.4 Å². The Morgan fingerprint density at radius 2 is 1.63 bits per heavy atom. The average molecular weight is 392 g/mol. The molecule has 0 aliphatic carbocycles. The van der Waals surface area contributed by atoms with Crippen LogP contribution in [-0.2, 0) is 20.6 Å². The maximum Gasteiger partial charge on any atom is 0.332 e. The molecule has 8 heteroatoms. The molecule has 0 fully saturated rings. The van der Waals surface area contributed by atoms with Gasteiger partial charge in [0.25, 0.3) is 5.56 Å². The van der Waals surface area contributed by atoms with E-state index in [1.54, 1.807) is 7.05 Å². The van der Waals surface area contributed by atoms with E-state index in [-0.39, 0.29) is 23.7 Å². The molecular formula is C19H26ClN5O2. The van der Waals surface area contributed by atoms with Gasteiger partial charge in [-0.1, -0.05) is 44.2 Å². The highest BCUT2D eigenvalue weighted by molar-refractivity contribution is 5.85. The molecule has 2 heterocycles. The predicted octanol–water partition coefficient (Wildman–Crippen LogP) is 1.86. The van der Waals surface area contributed by atoms with E-state index in [9.17, 15) is 9.59 Å². The lowest BCUT2D eigenvalue weighted by molar-refractivity contribution is 0.292. The topological polar surface area (TPSA) is 65.1 Å². The summed E-state index contributed by atoms with van der Waals surface area (Å²) in [4.78, 5) is 32.1. The quantitative estimate of drug-likeness (QED) is 0.643. The van der Waals surface area contributed by atoms with Crippen LogP contribution >= 0.6 is 12.4 Å². The fourth-order valence-corrected chi connectivity index (χ4v) is 3.25. The van der Waals surface area contributed by atoms with Crippen molar-refractivity contribution in [1.82, 2.24) is 23.6 Å². The molecular weight excluding hydrogens is 366 g/mol. The second-order valence-corrected chi connectivity index (χ2v) is 6.36. The maximum absolute atomic E-state index is 12.8. The summed E-state index contributed by atoms with van der Waals surface area (Å²) < 4.78 is 4.54. The average Bonchev–Trinajstić information content (AvgIpc) is 3.06. The third-order valence-corrected chi connectivity index (χ3v) is 4.91. The Morgan fingerprint density at radius 1 is 1.00 bits per heavy atom. The summed E-state index contributed by atoms with van der Waals surface area (Å²) >= 11 is 0. The number of aryl methyl sites for hydroxylation is 1. The summed E-state index contributed by atoms with van der Waals surface area (Å²) in [5, 5.41) is 0. The van der Waals surface area contributed by atoms with Crippen molar-refractivity contribution >= 4 is 23.6 Å². The van der Waals surface area contributed by atoms with Gasteiger partial charge >= 0.3 is 5.69 Å². The van der Waals surface area contributed by atoms with Crippen molar-refractivity contribution in [3.63, 3.8) is 0 Å². The summed E-state index contributed by atoms with van der Waals surface area (Å²) in [5.74, 6) is 0.714. The standard InChI is InChI=1S/C19H25N5O2.ClH/c1-5-23(6-2)12-13-24-15-17(21(3)19(26)22(4)18(15)25)20-16(24)14-10-8-7-9-11-14;/h7-11H,5-6,12-13H2,1-4H3;1H. The van der Waals surface area contributed by atoms with E-state index in [0.29, 0.717) is 23.5 Å². The molecule has 2 aromatic heterocycles. The molecule has 3 aromatic rings. The van der Waals surface area contributed by atoms with E-state index in [4.69, 9.17) is 0 Å². The minimum Gasteiger partial charge on any atom is -0.317 e. The first-order valence-corrected chi connectivity index (χ1v) is 8.93. The van der Waals surface area contributed by atoms with Crippen molar-refractivity contribution in [2.24, 2.45) is 14.1 Å². The molecule has 27 heavy (non-hydrogen) atoms. The molecule has 0 amide bonds. The SMILES string of the molecule is CCN(CC)CCn1c(-c2ccccc2)nc2c1c(=O)n(C)c(=O)n2C.Cl. The van der Waals surface area contributed by atoms with Crippen LogP contribution in [0.15, 0.2) is 39.9 Å². The molecule has 0 bridgehead atoms. The predicted molar refractivity (Wildman–Crippen MR) is 111 cm³/mol. The van der Waals surface area contributed by atoms with Crippen LogP contribution in [0.3, 0.4) is 0 Å². The Labute approximate surface area is 164 Å². The van der Waals surface area contributed by atoms with Crippen LogP contribution in [0.1, 0.15) is 13.8 Å². The number of fused-ring (bicyclic) bond motifs is 1. The second-order valence-electron chi connectivity index (χ2n) is 6.36. The van der Waals surface area contributed by atoms with Crippen LogP contribution in [0.4, 0.5) is 0 Å². The first-order valence-electron chi connectivity index (χ1n) is 8.93. The van der Waals surface area contributed by atoms with Gasteiger partial charge in [0.2, 0.25) is 0 Å². The van der Waals surface area contributed by atoms with Crippen molar-refractivity contribution in [3.05, 3.63) is 51.2 Å². The second kappa shape index (κ2) is 8.54. The molecule has 146 valence electrons. The third-order valence-electron chi connectivity index (χ3n) is 4.91. The molecule has 0 atom stereocenters. The Hall–Kier alpha value is -2.38. The highest BCUT2D eigenvalue weighted by Crippen LogP contribution is 2.22. The number of nitrogens with zero attached hydrogens (tertiary/aromatic N) is 5. The van der Waals surface area contributed by atoms with Gasteiger partial charge in [0.05, 0.1) is 0 Å². The van der Waals surface area contributed by atoms with E-state index < -0.39 is 0 Å². The Kier molecular flexibility index (Phi) is 6.62. The van der Waals surface area contributed by atoms with Gasteiger partial charge in [-0.3, -0.25) is 13.9 Å². The van der Waals surface area contributed by atoms with E-state index in [1.165, 1.54) is 11.6 Å². The summed E-state index contributed by atoms with van der Waals surface area (Å²) in [6, 6.07) is 9.78. The van der Waals surface area contributed by atoms with Crippen molar-refractivity contribution < 1.29 is 0 Å². The van der Waals surface area contributed by atoms with Gasteiger partial charge in [-0.25, -0.2) is 9.78 Å². The lowest BCUT2D eigenvalue weighted by Crippen LogP contribution is -2.38. The van der Waals surface area contributed by atoms with E-state index in [0.717, 1.165) is 29.8 Å². The zero-order valence-corrected chi connectivity index (χ0v) is 17.0. The Morgan fingerprint density at radius 3 is 2.22 bits per heavy atom. The molecule has 0 saturated carbocycles. The van der Waals surface area contributed by atoms with Gasteiger partial charge < -0.3 is 9.47 Å². The first kappa shape index (κ1) is 20.9.